The first-order valence-electron chi connectivity index (χ1n) is 5.35. The molecule has 0 radical (unpaired) electrons. The molecule has 1 heterocycles. The number of rotatable bonds is 5. The first-order chi connectivity index (χ1) is 7.74. The van der Waals surface area contributed by atoms with Crippen LogP contribution in [0.3, 0.4) is 0 Å². The predicted octanol–water partition coefficient (Wildman–Crippen LogP) is 1.57. The van der Waals surface area contributed by atoms with Gasteiger partial charge in [0, 0.05) is 25.7 Å². The Balaban J connectivity index is 2.96. The lowest BCUT2D eigenvalue weighted by Gasteiger charge is -2.23. The van der Waals surface area contributed by atoms with Gasteiger partial charge < -0.3 is 10.2 Å². The fraction of sp³-hybridized carbons (Fsp3) is 0.545. The topological polar surface area (TPSA) is 64.8 Å². The second kappa shape index (κ2) is 5.91. The highest BCUT2D eigenvalue weighted by molar-refractivity contribution is 5.57. The van der Waals surface area contributed by atoms with Gasteiger partial charge in [-0.2, -0.15) is 5.26 Å². The molecule has 5 nitrogen and oxygen atoms in total. The molecule has 0 fully saturated rings. The van der Waals surface area contributed by atoms with Gasteiger partial charge in [0.1, 0.15) is 18.0 Å². The average Bonchev–Trinajstić information content (AvgIpc) is 2.32. The van der Waals surface area contributed by atoms with Gasteiger partial charge in [0.05, 0.1) is 12.5 Å². The summed E-state index contributed by atoms with van der Waals surface area (Å²) in [4.78, 5) is 10.5. The van der Waals surface area contributed by atoms with Gasteiger partial charge in [0.25, 0.3) is 0 Å². The zero-order valence-electron chi connectivity index (χ0n) is 9.99. The van der Waals surface area contributed by atoms with Crippen molar-refractivity contribution >= 4 is 11.6 Å². The minimum Gasteiger partial charge on any atom is -0.373 e. The molecular formula is C11H17N5. The van der Waals surface area contributed by atoms with Gasteiger partial charge in [-0.1, -0.05) is 0 Å². The van der Waals surface area contributed by atoms with Crippen LogP contribution in [0.5, 0.6) is 0 Å². The highest BCUT2D eigenvalue weighted by atomic mass is 15.2. The van der Waals surface area contributed by atoms with Crippen LogP contribution in [0.1, 0.15) is 18.9 Å². The molecule has 0 unspecified atom stereocenters. The fourth-order valence-corrected chi connectivity index (χ4v) is 1.61. The predicted molar refractivity (Wildman–Crippen MR) is 64.4 cm³/mol. The molecule has 1 aromatic heterocycles. The minimum atomic E-state index is 0.506. The summed E-state index contributed by atoms with van der Waals surface area (Å²) in [6.07, 6.45) is 2.05. The van der Waals surface area contributed by atoms with E-state index in [0.29, 0.717) is 13.0 Å². The van der Waals surface area contributed by atoms with Gasteiger partial charge in [0.2, 0.25) is 0 Å². The second-order valence-electron chi connectivity index (χ2n) is 3.41. The summed E-state index contributed by atoms with van der Waals surface area (Å²) in [6, 6.07) is 2.15. The van der Waals surface area contributed by atoms with Crippen molar-refractivity contribution < 1.29 is 0 Å². The first kappa shape index (κ1) is 12.2. The van der Waals surface area contributed by atoms with Crippen LogP contribution in [0.2, 0.25) is 0 Å². The molecule has 0 aliphatic carbocycles. The molecule has 0 amide bonds. The van der Waals surface area contributed by atoms with Crippen molar-refractivity contribution in [3.05, 3.63) is 11.9 Å². The van der Waals surface area contributed by atoms with Gasteiger partial charge in [-0.25, -0.2) is 9.97 Å². The molecule has 1 aromatic rings. The number of hydrogen-bond donors (Lipinski definition) is 1. The van der Waals surface area contributed by atoms with Gasteiger partial charge in [-0.15, -0.1) is 0 Å². The van der Waals surface area contributed by atoms with E-state index in [9.17, 15) is 0 Å². The number of aromatic nitrogens is 2. The Bertz CT molecular complexity index is 382. The molecule has 86 valence electrons. The molecule has 0 saturated carbocycles. The van der Waals surface area contributed by atoms with Crippen molar-refractivity contribution in [3.63, 3.8) is 0 Å². The summed E-state index contributed by atoms with van der Waals surface area (Å²) >= 11 is 0. The SMILES string of the molecule is CCN(CCC#N)c1ncnc(NC)c1C. The Kier molecular flexibility index (Phi) is 4.52. The Hall–Kier alpha value is -1.83. The maximum absolute atomic E-state index is 8.61. The lowest BCUT2D eigenvalue weighted by Crippen LogP contribution is -2.26. The van der Waals surface area contributed by atoms with Crippen molar-refractivity contribution in [1.82, 2.24) is 9.97 Å². The highest BCUT2D eigenvalue weighted by Crippen LogP contribution is 2.21. The number of anilines is 2. The third kappa shape index (κ3) is 2.60. The summed E-state index contributed by atoms with van der Waals surface area (Å²) in [5, 5.41) is 11.6. The van der Waals surface area contributed by atoms with Crippen LogP contribution < -0.4 is 10.2 Å². The van der Waals surface area contributed by atoms with E-state index < -0.39 is 0 Å². The van der Waals surface area contributed by atoms with E-state index >= 15 is 0 Å². The van der Waals surface area contributed by atoms with E-state index in [4.69, 9.17) is 5.26 Å². The summed E-state index contributed by atoms with van der Waals surface area (Å²) in [5.41, 5.74) is 1.02. The Labute approximate surface area is 96.1 Å². The van der Waals surface area contributed by atoms with Gasteiger partial charge in [-0.05, 0) is 13.8 Å². The molecule has 0 saturated heterocycles. The third-order valence-corrected chi connectivity index (χ3v) is 2.47. The molecule has 1 N–H and O–H groups in total. The molecule has 0 aliphatic heterocycles. The number of nitrogens with zero attached hydrogens (tertiary/aromatic N) is 4. The van der Waals surface area contributed by atoms with E-state index in [-0.39, 0.29) is 0 Å². The Morgan fingerprint density at radius 1 is 1.50 bits per heavy atom. The minimum absolute atomic E-state index is 0.506. The maximum atomic E-state index is 8.61. The molecular weight excluding hydrogens is 202 g/mol. The quantitative estimate of drug-likeness (QED) is 0.814. The van der Waals surface area contributed by atoms with Gasteiger partial charge in [0.15, 0.2) is 0 Å². The number of nitriles is 1. The summed E-state index contributed by atoms with van der Waals surface area (Å²) in [5.74, 6) is 1.73. The van der Waals surface area contributed by atoms with E-state index in [2.05, 4.69) is 33.2 Å². The maximum Gasteiger partial charge on any atom is 0.137 e. The van der Waals surface area contributed by atoms with Gasteiger partial charge in [-0.3, -0.25) is 0 Å². The van der Waals surface area contributed by atoms with E-state index in [1.165, 1.54) is 0 Å². The van der Waals surface area contributed by atoms with Crippen molar-refractivity contribution in [3.8, 4) is 6.07 Å². The zero-order chi connectivity index (χ0) is 12.0. The van der Waals surface area contributed by atoms with Crippen LogP contribution in [-0.2, 0) is 0 Å². The lowest BCUT2D eigenvalue weighted by atomic mass is 10.2. The highest BCUT2D eigenvalue weighted by Gasteiger charge is 2.11. The van der Waals surface area contributed by atoms with Crippen molar-refractivity contribution in [2.45, 2.75) is 20.3 Å². The molecule has 0 aliphatic rings. The number of nitrogens with one attached hydrogen (secondary N) is 1. The second-order valence-corrected chi connectivity index (χ2v) is 3.41. The summed E-state index contributed by atoms with van der Waals surface area (Å²) in [6.45, 7) is 5.57. The van der Waals surface area contributed by atoms with E-state index in [1.54, 1.807) is 6.33 Å². The van der Waals surface area contributed by atoms with Crippen LogP contribution >= 0.6 is 0 Å². The molecule has 0 spiro atoms. The van der Waals surface area contributed by atoms with Crippen molar-refractivity contribution in [1.29, 1.82) is 5.26 Å². The zero-order valence-corrected chi connectivity index (χ0v) is 9.99. The van der Waals surface area contributed by atoms with Crippen LogP contribution in [0.4, 0.5) is 11.6 Å². The van der Waals surface area contributed by atoms with Crippen molar-refractivity contribution in [2.75, 3.05) is 30.4 Å². The van der Waals surface area contributed by atoms with E-state index in [1.807, 2.05) is 14.0 Å². The summed E-state index contributed by atoms with van der Waals surface area (Å²) < 4.78 is 0. The molecule has 16 heavy (non-hydrogen) atoms. The summed E-state index contributed by atoms with van der Waals surface area (Å²) in [7, 11) is 1.84. The third-order valence-electron chi connectivity index (χ3n) is 2.47. The van der Waals surface area contributed by atoms with Crippen LogP contribution in [0.25, 0.3) is 0 Å². The normalized spacial score (nSPS) is 9.62. The number of hydrogen-bond acceptors (Lipinski definition) is 5. The standard InChI is InChI=1S/C11H17N5/c1-4-16(7-5-6-12)11-9(2)10(13-3)14-8-15-11/h8H,4-5,7H2,1-3H3,(H,13,14,15). The van der Waals surface area contributed by atoms with Crippen molar-refractivity contribution in [2.24, 2.45) is 0 Å². The molecule has 0 atom stereocenters. The average molecular weight is 219 g/mol. The monoisotopic (exact) mass is 219 g/mol. The fourth-order valence-electron chi connectivity index (χ4n) is 1.61. The smallest absolute Gasteiger partial charge is 0.137 e. The Morgan fingerprint density at radius 3 is 2.81 bits per heavy atom. The van der Waals surface area contributed by atoms with E-state index in [0.717, 1.165) is 23.7 Å². The lowest BCUT2D eigenvalue weighted by molar-refractivity contribution is 0.803. The Morgan fingerprint density at radius 2 is 2.25 bits per heavy atom. The molecule has 0 bridgehead atoms. The molecule has 1 rings (SSSR count). The van der Waals surface area contributed by atoms with Crippen LogP contribution in [-0.4, -0.2) is 30.1 Å². The van der Waals surface area contributed by atoms with Gasteiger partial charge >= 0.3 is 0 Å². The largest absolute Gasteiger partial charge is 0.373 e. The van der Waals surface area contributed by atoms with Crippen LogP contribution in [0.15, 0.2) is 6.33 Å². The molecule has 5 heteroatoms. The first-order valence-corrected chi connectivity index (χ1v) is 5.35. The van der Waals surface area contributed by atoms with Crippen LogP contribution in [0, 0.1) is 18.3 Å². The molecule has 0 aromatic carbocycles.